The Balaban J connectivity index is 2.18. The molecule has 0 saturated heterocycles. The number of pyridine rings is 1. The first-order valence-corrected chi connectivity index (χ1v) is 6.59. The van der Waals surface area contributed by atoms with E-state index in [-0.39, 0.29) is 6.04 Å². The Bertz CT molecular complexity index is 364. The average Bonchev–Trinajstić information content (AvgIpc) is 2.33. The van der Waals surface area contributed by atoms with E-state index in [0.717, 1.165) is 5.92 Å². The molecule has 1 saturated carbocycles. The third-order valence-electron chi connectivity index (χ3n) is 4.04. The SMILES string of the molecule is Cc1ccncc1C(NN)C1CCCC(C)C1. The highest BCUT2D eigenvalue weighted by molar-refractivity contribution is 5.25. The molecule has 94 valence electrons. The zero-order chi connectivity index (χ0) is 12.3. The minimum Gasteiger partial charge on any atom is -0.271 e. The highest BCUT2D eigenvalue weighted by Crippen LogP contribution is 2.37. The molecule has 1 aliphatic rings. The standard InChI is InChI=1S/C14H23N3/c1-10-4-3-5-12(8-10)14(17-15)13-9-16-7-6-11(13)2/h6-7,9-10,12,14,17H,3-5,8,15H2,1-2H3. The predicted octanol–water partition coefficient (Wildman–Crippen LogP) is 2.72. The molecular formula is C14H23N3. The Hall–Kier alpha value is -0.930. The largest absolute Gasteiger partial charge is 0.271 e. The molecule has 1 fully saturated rings. The van der Waals surface area contributed by atoms with Gasteiger partial charge in [0.2, 0.25) is 0 Å². The molecule has 0 radical (unpaired) electrons. The summed E-state index contributed by atoms with van der Waals surface area (Å²) in [6.07, 6.45) is 9.02. The second kappa shape index (κ2) is 5.61. The fourth-order valence-corrected chi connectivity index (χ4v) is 3.07. The van der Waals surface area contributed by atoms with Crippen LogP contribution in [0.1, 0.15) is 49.8 Å². The fraction of sp³-hybridized carbons (Fsp3) is 0.643. The molecule has 0 amide bonds. The van der Waals surface area contributed by atoms with E-state index < -0.39 is 0 Å². The summed E-state index contributed by atoms with van der Waals surface area (Å²) >= 11 is 0. The summed E-state index contributed by atoms with van der Waals surface area (Å²) in [5.74, 6) is 7.24. The van der Waals surface area contributed by atoms with E-state index in [4.69, 9.17) is 5.84 Å². The smallest absolute Gasteiger partial charge is 0.0506 e. The van der Waals surface area contributed by atoms with Crippen molar-refractivity contribution in [2.75, 3.05) is 0 Å². The van der Waals surface area contributed by atoms with Crippen LogP contribution >= 0.6 is 0 Å². The average molecular weight is 233 g/mol. The van der Waals surface area contributed by atoms with Gasteiger partial charge in [0.1, 0.15) is 0 Å². The molecular weight excluding hydrogens is 210 g/mol. The molecule has 0 spiro atoms. The molecule has 3 atom stereocenters. The van der Waals surface area contributed by atoms with Crippen molar-refractivity contribution in [2.45, 2.75) is 45.6 Å². The van der Waals surface area contributed by atoms with E-state index in [2.05, 4.69) is 30.3 Å². The molecule has 1 heterocycles. The maximum absolute atomic E-state index is 5.77. The van der Waals surface area contributed by atoms with Gasteiger partial charge in [0.05, 0.1) is 6.04 Å². The Kier molecular flexibility index (Phi) is 4.13. The van der Waals surface area contributed by atoms with Crippen LogP contribution in [0.3, 0.4) is 0 Å². The number of hydrogen-bond acceptors (Lipinski definition) is 3. The summed E-state index contributed by atoms with van der Waals surface area (Å²) in [5, 5.41) is 0. The summed E-state index contributed by atoms with van der Waals surface area (Å²) in [6, 6.07) is 2.32. The van der Waals surface area contributed by atoms with Gasteiger partial charge in [-0.1, -0.05) is 19.8 Å². The van der Waals surface area contributed by atoms with Gasteiger partial charge >= 0.3 is 0 Å². The summed E-state index contributed by atoms with van der Waals surface area (Å²) in [5.41, 5.74) is 5.55. The van der Waals surface area contributed by atoms with E-state index in [9.17, 15) is 0 Å². The lowest BCUT2D eigenvalue weighted by atomic mass is 9.76. The van der Waals surface area contributed by atoms with Crippen molar-refractivity contribution >= 4 is 0 Å². The van der Waals surface area contributed by atoms with Crippen molar-refractivity contribution in [3.63, 3.8) is 0 Å². The molecule has 0 aromatic carbocycles. The van der Waals surface area contributed by atoms with Gasteiger partial charge in [-0.2, -0.15) is 0 Å². The second-order valence-corrected chi connectivity index (χ2v) is 5.41. The van der Waals surface area contributed by atoms with Gasteiger partial charge in [-0.05, 0) is 48.8 Å². The Morgan fingerprint density at radius 3 is 2.94 bits per heavy atom. The maximum Gasteiger partial charge on any atom is 0.0506 e. The highest BCUT2D eigenvalue weighted by atomic mass is 15.2. The van der Waals surface area contributed by atoms with E-state index in [0.29, 0.717) is 5.92 Å². The lowest BCUT2D eigenvalue weighted by Crippen LogP contribution is -2.36. The molecule has 3 heteroatoms. The first kappa shape index (κ1) is 12.5. The molecule has 17 heavy (non-hydrogen) atoms. The van der Waals surface area contributed by atoms with Gasteiger partial charge in [-0.15, -0.1) is 0 Å². The molecule has 2 rings (SSSR count). The van der Waals surface area contributed by atoms with Crippen molar-refractivity contribution < 1.29 is 0 Å². The second-order valence-electron chi connectivity index (χ2n) is 5.41. The first-order chi connectivity index (χ1) is 8.22. The molecule has 0 aliphatic heterocycles. The minimum absolute atomic E-state index is 0.256. The van der Waals surface area contributed by atoms with Crippen LogP contribution in [-0.4, -0.2) is 4.98 Å². The van der Waals surface area contributed by atoms with Gasteiger partial charge < -0.3 is 0 Å². The van der Waals surface area contributed by atoms with Crippen LogP contribution in [-0.2, 0) is 0 Å². The highest BCUT2D eigenvalue weighted by Gasteiger charge is 2.27. The van der Waals surface area contributed by atoms with Crippen LogP contribution in [0.4, 0.5) is 0 Å². The summed E-state index contributed by atoms with van der Waals surface area (Å²) in [7, 11) is 0. The van der Waals surface area contributed by atoms with Gasteiger partial charge in [0.25, 0.3) is 0 Å². The van der Waals surface area contributed by atoms with Crippen molar-refractivity contribution in [3.05, 3.63) is 29.6 Å². The van der Waals surface area contributed by atoms with E-state index in [1.165, 1.54) is 36.8 Å². The molecule has 3 nitrogen and oxygen atoms in total. The number of nitrogens with zero attached hydrogens (tertiary/aromatic N) is 1. The Morgan fingerprint density at radius 2 is 2.29 bits per heavy atom. The lowest BCUT2D eigenvalue weighted by molar-refractivity contribution is 0.224. The quantitative estimate of drug-likeness (QED) is 0.623. The minimum atomic E-state index is 0.256. The summed E-state index contributed by atoms with van der Waals surface area (Å²) in [4.78, 5) is 4.23. The molecule has 0 bridgehead atoms. The van der Waals surface area contributed by atoms with Crippen molar-refractivity contribution in [2.24, 2.45) is 17.7 Å². The molecule has 3 N–H and O–H groups in total. The fourth-order valence-electron chi connectivity index (χ4n) is 3.07. The first-order valence-electron chi connectivity index (χ1n) is 6.59. The Morgan fingerprint density at radius 1 is 1.47 bits per heavy atom. The molecule has 1 aromatic rings. The van der Waals surface area contributed by atoms with Crippen LogP contribution in [0, 0.1) is 18.8 Å². The van der Waals surface area contributed by atoms with E-state index in [1.807, 2.05) is 12.4 Å². The molecule has 1 aromatic heterocycles. The van der Waals surface area contributed by atoms with Crippen molar-refractivity contribution in [3.8, 4) is 0 Å². The van der Waals surface area contributed by atoms with Gasteiger partial charge in [-0.3, -0.25) is 16.3 Å². The number of rotatable bonds is 3. The predicted molar refractivity (Wildman–Crippen MR) is 70.2 cm³/mol. The van der Waals surface area contributed by atoms with E-state index >= 15 is 0 Å². The summed E-state index contributed by atoms with van der Waals surface area (Å²) < 4.78 is 0. The summed E-state index contributed by atoms with van der Waals surface area (Å²) in [6.45, 7) is 4.48. The number of aromatic nitrogens is 1. The van der Waals surface area contributed by atoms with Crippen LogP contribution < -0.4 is 11.3 Å². The van der Waals surface area contributed by atoms with Crippen LogP contribution in [0.25, 0.3) is 0 Å². The maximum atomic E-state index is 5.77. The Labute approximate surface area is 104 Å². The number of nitrogens with one attached hydrogen (secondary N) is 1. The van der Waals surface area contributed by atoms with Crippen LogP contribution in [0.5, 0.6) is 0 Å². The van der Waals surface area contributed by atoms with Crippen LogP contribution in [0.15, 0.2) is 18.5 Å². The topological polar surface area (TPSA) is 50.9 Å². The zero-order valence-electron chi connectivity index (χ0n) is 10.8. The van der Waals surface area contributed by atoms with Crippen molar-refractivity contribution in [1.82, 2.24) is 10.4 Å². The number of aryl methyl sites for hydroxylation is 1. The zero-order valence-corrected chi connectivity index (χ0v) is 10.8. The number of nitrogens with two attached hydrogens (primary N) is 1. The van der Waals surface area contributed by atoms with Gasteiger partial charge in [0, 0.05) is 12.4 Å². The third kappa shape index (κ3) is 2.85. The normalized spacial score (nSPS) is 26.8. The van der Waals surface area contributed by atoms with Crippen LogP contribution in [0.2, 0.25) is 0 Å². The van der Waals surface area contributed by atoms with Gasteiger partial charge in [0.15, 0.2) is 0 Å². The number of hydrazine groups is 1. The van der Waals surface area contributed by atoms with E-state index in [1.54, 1.807) is 0 Å². The van der Waals surface area contributed by atoms with Crippen molar-refractivity contribution in [1.29, 1.82) is 0 Å². The van der Waals surface area contributed by atoms with Gasteiger partial charge in [-0.25, -0.2) is 0 Å². The lowest BCUT2D eigenvalue weighted by Gasteiger charge is -2.33. The molecule has 1 aliphatic carbocycles. The molecule has 3 unspecified atom stereocenters. The third-order valence-corrected chi connectivity index (χ3v) is 4.04. The number of hydrogen-bond donors (Lipinski definition) is 2. The monoisotopic (exact) mass is 233 g/mol.